The minimum Gasteiger partial charge on any atom is -0.297 e. The molecule has 2 nitrogen and oxygen atoms in total. The molecule has 37 heavy (non-hydrogen) atoms. The number of rotatable bonds is 13. The van der Waals surface area contributed by atoms with Gasteiger partial charge in [-0.3, -0.25) is 9.98 Å². The number of allylic oxidation sites excluding steroid dienone is 1. The van der Waals surface area contributed by atoms with E-state index in [2.05, 4.69) is 122 Å². The Morgan fingerprint density at radius 1 is 0.946 bits per heavy atom. The molecule has 0 aliphatic heterocycles. The first-order valence-electron chi connectivity index (χ1n) is 13.2. The number of aryl methyl sites for hydroxylation is 2. The quantitative estimate of drug-likeness (QED) is 0.133. The van der Waals surface area contributed by atoms with Gasteiger partial charge in [-0.25, -0.2) is 0 Å². The summed E-state index contributed by atoms with van der Waals surface area (Å²) in [6.45, 7) is 14.5. The van der Waals surface area contributed by atoms with Crippen LogP contribution in [-0.2, 0) is 19.3 Å². The van der Waals surface area contributed by atoms with E-state index in [9.17, 15) is 0 Å². The molecule has 1 fully saturated rings. The maximum absolute atomic E-state index is 5.22. The molecule has 3 atom stereocenters. The summed E-state index contributed by atoms with van der Waals surface area (Å²) in [5, 5.41) is 0. The van der Waals surface area contributed by atoms with Crippen molar-refractivity contribution in [2.75, 3.05) is 0 Å². The lowest BCUT2D eigenvalue weighted by atomic mass is 9.83. The first-order valence-corrected chi connectivity index (χ1v) is 13.2. The maximum Gasteiger partial charge on any atom is 0.0637 e. The zero-order valence-corrected chi connectivity index (χ0v) is 22.1. The Hall–Kier alpha value is -3.74. The van der Waals surface area contributed by atoms with Crippen LogP contribution in [0.15, 0.2) is 125 Å². The minimum absolute atomic E-state index is 0.0602. The standard InChI is InChI=1S/C35H38N2/c1-5-29(20-21-32-19-13-12-14-27(32)2)26-37-34(23-31-17-10-7-11-18-31)35(24-28(35)3)25-33(36-4)22-30-15-8-6-9-16-30/h6-19,26,33-34H,1,3-4,20-25H2,2H3/t33-,34-,35?/m0/s1. The fraction of sp³-hybridized carbons (Fsp3) is 0.286. The van der Waals surface area contributed by atoms with Crippen LogP contribution in [0.4, 0.5) is 0 Å². The van der Waals surface area contributed by atoms with Gasteiger partial charge in [0, 0.05) is 17.2 Å². The molecule has 0 radical (unpaired) electrons. The highest BCUT2D eigenvalue weighted by Gasteiger charge is 2.54. The molecular formula is C35H38N2. The van der Waals surface area contributed by atoms with Crippen molar-refractivity contribution in [3.05, 3.63) is 137 Å². The second-order valence-electron chi connectivity index (χ2n) is 10.3. The van der Waals surface area contributed by atoms with E-state index < -0.39 is 0 Å². The van der Waals surface area contributed by atoms with Gasteiger partial charge < -0.3 is 0 Å². The molecule has 3 aromatic rings. The first-order chi connectivity index (χ1) is 18.0. The summed E-state index contributed by atoms with van der Waals surface area (Å²) in [4.78, 5) is 9.76. The van der Waals surface area contributed by atoms with Crippen LogP contribution in [0.25, 0.3) is 0 Å². The highest BCUT2D eigenvalue weighted by atomic mass is 14.9. The van der Waals surface area contributed by atoms with Crippen molar-refractivity contribution in [2.24, 2.45) is 15.4 Å². The van der Waals surface area contributed by atoms with E-state index in [1.807, 2.05) is 6.21 Å². The van der Waals surface area contributed by atoms with Crippen molar-refractivity contribution < 1.29 is 0 Å². The van der Waals surface area contributed by atoms with Crippen molar-refractivity contribution in [3.8, 4) is 0 Å². The third-order valence-electron chi connectivity index (χ3n) is 7.75. The number of benzene rings is 3. The summed E-state index contributed by atoms with van der Waals surface area (Å²) in [6, 6.07) is 30.0. The third kappa shape index (κ3) is 6.94. The molecule has 2 heteroatoms. The Kier molecular flexibility index (Phi) is 8.88. The Bertz CT molecular complexity index is 1280. The largest absolute Gasteiger partial charge is 0.297 e. The molecule has 0 amide bonds. The van der Waals surface area contributed by atoms with Crippen molar-refractivity contribution in [1.82, 2.24) is 0 Å². The molecule has 0 saturated heterocycles. The second-order valence-corrected chi connectivity index (χ2v) is 10.3. The lowest BCUT2D eigenvalue weighted by Crippen LogP contribution is -2.28. The summed E-state index contributed by atoms with van der Waals surface area (Å²) in [5.41, 5.74) is 10.7. The maximum atomic E-state index is 5.22. The Morgan fingerprint density at radius 2 is 1.54 bits per heavy atom. The molecule has 3 aromatic carbocycles. The Balaban J connectivity index is 1.54. The number of aliphatic imine (C=N–C) groups is 2. The zero-order chi connectivity index (χ0) is 26.1. The van der Waals surface area contributed by atoms with E-state index in [1.165, 1.54) is 27.8 Å². The van der Waals surface area contributed by atoms with Crippen LogP contribution in [0.3, 0.4) is 0 Å². The average molecular weight is 487 g/mol. The first kappa shape index (κ1) is 26.3. The van der Waals surface area contributed by atoms with Crippen LogP contribution in [-0.4, -0.2) is 25.0 Å². The third-order valence-corrected chi connectivity index (χ3v) is 7.75. The number of hydrogen-bond acceptors (Lipinski definition) is 2. The molecule has 4 rings (SSSR count). The summed E-state index contributed by atoms with van der Waals surface area (Å²) in [7, 11) is 0. The fourth-order valence-electron chi connectivity index (χ4n) is 5.32. The Morgan fingerprint density at radius 3 is 2.11 bits per heavy atom. The molecule has 0 heterocycles. The summed E-state index contributed by atoms with van der Waals surface area (Å²) >= 11 is 0. The van der Waals surface area contributed by atoms with Crippen molar-refractivity contribution in [3.63, 3.8) is 0 Å². The highest BCUT2D eigenvalue weighted by molar-refractivity contribution is 5.78. The van der Waals surface area contributed by atoms with Gasteiger partial charge in [-0.2, -0.15) is 0 Å². The molecule has 0 bridgehead atoms. The fourth-order valence-corrected chi connectivity index (χ4v) is 5.32. The van der Waals surface area contributed by atoms with Gasteiger partial charge in [-0.1, -0.05) is 104 Å². The van der Waals surface area contributed by atoms with Crippen LogP contribution in [0.2, 0.25) is 0 Å². The SMILES string of the molecule is C=C=C(C=N[C@@H](Cc1ccccc1)C1(C[C@H](Cc2ccccc2)N=C)CC1=C)CCc1ccccc1C. The minimum atomic E-state index is -0.0602. The van der Waals surface area contributed by atoms with Gasteiger partial charge in [0.1, 0.15) is 0 Å². The molecule has 0 aromatic heterocycles. The lowest BCUT2D eigenvalue weighted by molar-refractivity contribution is 0.357. The molecule has 0 N–H and O–H groups in total. The van der Waals surface area contributed by atoms with E-state index in [0.717, 1.165) is 44.1 Å². The van der Waals surface area contributed by atoms with Gasteiger partial charge in [0.15, 0.2) is 0 Å². The molecule has 1 unspecified atom stereocenters. The van der Waals surface area contributed by atoms with Gasteiger partial charge in [0.05, 0.1) is 12.1 Å². The van der Waals surface area contributed by atoms with E-state index in [0.29, 0.717) is 0 Å². The number of nitrogens with zero attached hydrogens (tertiary/aromatic N) is 2. The smallest absolute Gasteiger partial charge is 0.0637 e. The molecule has 188 valence electrons. The monoisotopic (exact) mass is 486 g/mol. The van der Waals surface area contributed by atoms with E-state index in [-0.39, 0.29) is 17.5 Å². The number of hydrogen-bond donors (Lipinski definition) is 0. The molecular weight excluding hydrogens is 448 g/mol. The molecule has 1 aliphatic carbocycles. The van der Waals surface area contributed by atoms with Crippen molar-refractivity contribution >= 4 is 12.9 Å². The predicted molar refractivity (Wildman–Crippen MR) is 159 cm³/mol. The highest BCUT2D eigenvalue weighted by Crippen LogP contribution is 2.59. The molecule has 0 spiro atoms. The molecule has 1 saturated carbocycles. The van der Waals surface area contributed by atoms with Gasteiger partial charge in [-0.05, 0) is 74.4 Å². The topological polar surface area (TPSA) is 24.7 Å². The van der Waals surface area contributed by atoms with Crippen molar-refractivity contribution in [1.29, 1.82) is 0 Å². The van der Waals surface area contributed by atoms with E-state index in [4.69, 9.17) is 4.99 Å². The van der Waals surface area contributed by atoms with Gasteiger partial charge in [0.2, 0.25) is 0 Å². The van der Waals surface area contributed by atoms with E-state index >= 15 is 0 Å². The summed E-state index contributed by atoms with van der Waals surface area (Å²) in [6.07, 6.45) is 7.49. The van der Waals surface area contributed by atoms with Gasteiger partial charge in [-0.15, -0.1) is 5.73 Å². The van der Waals surface area contributed by atoms with Crippen molar-refractivity contribution in [2.45, 2.75) is 57.5 Å². The van der Waals surface area contributed by atoms with Crippen LogP contribution in [0.5, 0.6) is 0 Å². The zero-order valence-electron chi connectivity index (χ0n) is 22.1. The molecule has 1 aliphatic rings. The van der Waals surface area contributed by atoms with Gasteiger partial charge in [0.25, 0.3) is 0 Å². The van der Waals surface area contributed by atoms with E-state index in [1.54, 1.807) is 0 Å². The Labute approximate surface area is 222 Å². The second kappa shape index (κ2) is 12.5. The average Bonchev–Trinajstić information content (AvgIpc) is 3.59. The van der Waals surface area contributed by atoms with Crippen LogP contribution in [0.1, 0.15) is 41.5 Å². The van der Waals surface area contributed by atoms with Crippen LogP contribution in [0, 0.1) is 12.3 Å². The predicted octanol–water partition coefficient (Wildman–Crippen LogP) is 7.97. The summed E-state index contributed by atoms with van der Waals surface area (Å²) in [5.74, 6) is 0. The summed E-state index contributed by atoms with van der Waals surface area (Å²) < 4.78 is 0. The normalized spacial score (nSPS) is 18.2. The van der Waals surface area contributed by atoms with Gasteiger partial charge >= 0.3 is 0 Å². The van der Waals surface area contributed by atoms with Crippen LogP contribution >= 0.6 is 0 Å². The van der Waals surface area contributed by atoms with Crippen LogP contribution < -0.4 is 0 Å². The lowest BCUT2D eigenvalue weighted by Gasteiger charge is -2.27.